The molecule has 6 nitrogen and oxygen atoms in total. The van der Waals surface area contributed by atoms with Gasteiger partial charge in [0.25, 0.3) is 5.91 Å². The van der Waals surface area contributed by atoms with Gasteiger partial charge >= 0.3 is 5.97 Å². The lowest BCUT2D eigenvalue weighted by Crippen LogP contribution is -2.30. The molecule has 21 heavy (non-hydrogen) atoms. The van der Waals surface area contributed by atoms with E-state index in [1.165, 1.54) is 0 Å². The Bertz CT molecular complexity index is 605. The first-order chi connectivity index (χ1) is 10.1. The number of hydrogen-bond acceptors (Lipinski definition) is 3. The van der Waals surface area contributed by atoms with Crippen LogP contribution in [0.15, 0.2) is 48.8 Å². The second-order valence-corrected chi connectivity index (χ2v) is 4.54. The number of aliphatic hydroxyl groups is 1. The normalized spacial score (nSPS) is 11.9. The zero-order valence-electron chi connectivity index (χ0n) is 11.3. The maximum absolute atomic E-state index is 11.8. The molecule has 0 fully saturated rings. The fourth-order valence-electron chi connectivity index (χ4n) is 1.84. The average molecular weight is 288 g/mol. The summed E-state index contributed by atoms with van der Waals surface area (Å²) < 4.78 is 1.92. The molecule has 0 aliphatic carbocycles. The molecule has 1 atom stereocenters. The first-order valence-electron chi connectivity index (χ1n) is 6.50. The summed E-state index contributed by atoms with van der Waals surface area (Å²) in [5.74, 6) is -1.59. The van der Waals surface area contributed by atoms with Crippen LogP contribution in [0.3, 0.4) is 0 Å². The fourth-order valence-corrected chi connectivity index (χ4v) is 1.84. The van der Waals surface area contributed by atoms with Gasteiger partial charge in [0, 0.05) is 36.6 Å². The van der Waals surface area contributed by atoms with Gasteiger partial charge in [-0.05, 0) is 36.4 Å². The van der Waals surface area contributed by atoms with Crippen LogP contribution in [-0.4, -0.2) is 39.3 Å². The molecule has 1 unspecified atom stereocenters. The van der Waals surface area contributed by atoms with Crippen molar-refractivity contribution < 1.29 is 19.8 Å². The van der Waals surface area contributed by atoms with Gasteiger partial charge in [-0.3, -0.25) is 4.79 Å². The maximum atomic E-state index is 11.8. The lowest BCUT2D eigenvalue weighted by molar-refractivity contribution is -0.146. The number of nitrogens with zero attached hydrogens (tertiary/aromatic N) is 1. The van der Waals surface area contributed by atoms with Gasteiger partial charge in [0.05, 0.1) is 0 Å². The van der Waals surface area contributed by atoms with Gasteiger partial charge in [-0.1, -0.05) is 0 Å². The van der Waals surface area contributed by atoms with Crippen LogP contribution in [0.5, 0.6) is 0 Å². The molecule has 2 rings (SSSR count). The highest BCUT2D eigenvalue weighted by molar-refractivity contribution is 5.94. The number of aliphatic hydroxyl groups excluding tert-OH is 1. The van der Waals surface area contributed by atoms with Crippen LogP contribution in [0.4, 0.5) is 0 Å². The maximum Gasteiger partial charge on any atom is 0.332 e. The van der Waals surface area contributed by atoms with Gasteiger partial charge in [-0.25, -0.2) is 4.79 Å². The number of hydrogen-bond donors (Lipinski definition) is 3. The first kappa shape index (κ1) is 14.8. The van der Waals surface area contributed by atoms with E-state index < -0.39 is 12.1 Å². The number of carbonyl (C=O) groups excluding carboxylic acids is 1. The van der Waals surface area contributed by atoms with Crippen molar-refractivity contribution in [1.29, 1.82) is 0 Å². The van der Waals surface area contributed by atoms with E-state index in [4.69, 9.17) is 10.2 Å². The molecule has 1 aromatic heterocycles. The molecule has 3 N–H and O–H groups in total. The van der Waals surface area contributed by atoms with Gasteiger partial charge in [0.15, 0.2) is 6.10 Å². The molecule has 1 amide bonds. The van der Waals surface area contributed by atoms with Crippen molar-refractivity contribution in [3.63, 3.8) is 0 Å². The Labute approximate surface area is 121 Å². The molecular weight excluding hydrogens is 272 g/mol. The molecule has 1 aromatic carbocycles. The highest BCUT2D eigenvalue weighted by Crippen LogP contribution is 2.10. The van der Waals surface area contributed by atoms with Crippen LogP contribution in [0.25, 0.3) is 5.69 Å². The fraction of sp³-hybridized carbons (Fsp3) is 0.200. The van der Waals surface area contributed by atoms with E-state index in [2.05, 4.69) is 5.32 Å². The number of aliphatic carboxylic acids is 1. The SMILES string of the molecule is O=C(NCCC(O)C(=O)O)c1ccc(-n2cccc2)cc1. The van der Waals surface area contributed by atoms with Crippen LogP contribution in [0, 0.1) is 0 Å². The second-order valence-electron chi connectivity index (χ2n) is 4.54. The van der Waals surface area contributed by atoms with E-state index in [0.717, 1.165) is 5.69 Å². The van der Waals surface area contributed by atoms with Crippen LogP contribution >= 0.6 is 0 Å². The summed E-state index contributed by atoms with van der Waals surface area (Å²) in [5.41, 5.74) is 1.42. The van der Waals surface area contributed by atoms with Gasteiger partial charge in [0.2, 0.25) is 0 Å². The van der Waals surface area contributed by atoms with Crippen LogP contribution in [0.1, 0.15) is 16.8 Å². The summed E-state index contributed by atoms with van der Waals surface area (Å²) in [6, 6.07) is 10.8. The zero-order chi connectivity index (χ0) is 15.2. The van der Waals surface area contributed by atoms with E-state index in [9.17, 15) is 9.59 Å². The number of carboxylic acid groups (broad SMARTS) is 1. The summed E-state index contributed by atoms with van der Waals surface area (Å²) in [4.78, 5) is 22.3. The topological polar surface area (TPSA) is 91.6 Å². The summed E-state index contributed by atoms with van der Waals surface area (Å²) in [6.07, 6.45) is 2.33. The van der Waals surface area contributed by atoms with Crippen molar-refractivity contribution >= 4 is 11.9 Å². The molecule has 0 spiro atoms. The molecule has 2 aromatic rings. The van der Waals surface area contributed by atoms with Gasteiger partial charge in [0.1, 0.15) is 0 Å². The Hall–Kier alpha value is -2.60. The molecule has 110 valence electrons. The first-order valence-corrected chi connectivity index (χ1v) is 6.50. The van der Waals surface area contributed by atoms with Crippen molar-refractivity contribution in [1.82, 2.24) is 9.88 Å². The third-order valence-corrected chi connectivity index (χ3v) is 3.02. The Morgan fingerprint density at radius 3 is 2.33 bits per heavy atom. The van der Waals surface area contributed by atoms with Crippen LogP contribution < -0.4 is 5.32 Å². The second kappa shape index (κ2) is 6.71. The quantitative estimate of drug-likeness (QED) is 0.740. The average Bonchev–Trinajstić information content (AvgIpc) is 3.01. The number of carbonyl (C=O) groups is 2. The largest absolute Gasteiger partial charge is 0.479 e. The molecule has 0 saturated carbocycles. The van der Waals surface area contributed by atoms with Crippen molar-refractivity contribution in [2.75, 3.05) is 6.54 Å². The minimum absolute atomic E-state index is 0.0253. The predicted octanol–water partition coefficient (Wildman–Crippen LogP) is 1.04. The molecule has 0 aliphatic rings. The Morgan fingerprint density at radius 2 is 1.76 bits per heavy atom. The minimum atomic E-state index is -1.46. The summed E-state index contributed by atoms with van der Waals surface area (Å²) in [7, 11) is 0. The van der Waals surface area contributed by atoms with Crippen molar-refractivity contribution in [3.05, 3.63) is 54.4 Å². The minimum Gasteiger partial charge on any atom is -0.479 e. The van der Waals surface area contributed by atoms with Gasteiger partial charge in [-0.2, -0.15) is 0 Å². The van der Waals surface area contributed by atoms with E-state index in [0.29, 0.717) is 5.56 Å². The lowest BCUT2D eigenvalue weighted by atomic mass is 10.2. The summed E-state index contributed by atoms with van der Waals surface area (Å²) >= 11 is 0. The third-order valence-electron chi connectivity index (χ3n) is 3.02. The smallest absolute Gasteiger partial charge is 0.332 e. The number of nitrogens with one attached hydrogen (secondary N) is 1. The molecule has 0 aliphatic heterocycles. The standard InChI is InChI=1S/C15H16N2O4/c18-13(15(20)21)7-8-16-14(19)11-3-5-12(6-4-11)17-9-1-2-10-17/h1-6,9-10,13,18H,7-8H2,(H,16,19)(H,20,21). The zero-order valence-corrected chi connectivity index (χ0v) is 11.3. The monoisotopic (exact) mass is 288 g/mol. The van der Waals surface area contributed by atoms with E-state index in [-0.39, 0.29) is 18.9 Å². The molecule has 0 saturated heterocycles. The number of aromatic nitrogens is 1. The number of benzene rings is 1. The highest BCUT2D eigenvalue weighted by atomic mass is 16.4. The molecular formula is C15H16N2O4. The Balaban J connectivity index is 1.90. The number of rotatable bonds is 6. The van der Waals surface area contributed by atoms with Crippen molar-refractivity contribution in [2.24, 2.45) is 0 Å². The highest BCUT2D eigenvalue weighted by Gasteiger charge is 2.13. The summed E-state index contributed by atoms with van der Waals surface area (Å²) in [6.45, 7) is 0.103. The van der Waals surface area contributed by atoms with Crippen molar-refractivity contribution in [3.8, 4) is 5.69 Å². The van der Waals surface area contributed by atoms with E-state index in [1.54, 1.807) is 12.1 Å². The van der Waals surface area contributed by atoms with Crippen LogP contribution in [0.2, 0.25) is 0 Å². The molecule has 0 bridgehead atoms. The molecule has 0 radical (unpaired) electrons. The van der Waals surface area contributed by atoms with Gasteiger partial charge < -0.3 is 20.1 Å². The molecule has 1 heterocycles. The number of carboxylic acids is 1. The number of amides is 1. The van der Waals surface area contributed by atoms with Crippen molar-refractivity contribution in [2.45, 2.75) is 12.5 Å². The summed E-state index contributed by atoms with van der Waals surface area (Å²) in [5, 5.41) is 20.2. The van der Waals surface area contributed by atoms with E-state index in [1.807, 2.05) is 41.2 Å². The Kier molecular flexibility index (Phi) is 4.73. The Morgan fingerprint density at radius 1 is 1.14 bits per heavy atom. The molecule has 6 heteroatoms. The van der Waals surface area contributed by atoms with Gasteiger partial charge in [-0.15, -0.1) is 0 Å². The lowest BCUT2D eigenvalue weighted by Gasteiger charge is -2.08. The third kappa shape index (κ3) is 3.93. The van der Waals surface area contributed by atoms with E-state index >= 15 is 0 Å². The van der Waals surface area contributed by atoms with Crippen LogP contribution in [-0.2, 0) is 4.79 Å². The predicted molar refractivity (Wildman–Crippen MR) is 76.4 cm³/mol.